The van der Waals surface area contributed by atoms with Crippen molar-refractivity contribution in [3.05, 3.63) is 47.4 Å². The Bertz CT molecular complexity index is 848. The highest BCUT2D eigenvalue weighted by atomic mass is 32.3. The first-order valence-electron chi connectivity index (χ1n) is 8.16. The van der Waals surface area contributed by atoms with Crippen molar-refractivity contribution in [2.45, 2.75) is 49.2 Å². The Balaban J connectivity index is 2.30. The summed E-state index contributed by atoms with van der Waals surface area (Å²) >= 11 is 0. The van der Waals surface area contributed by atoms with E-state index in [-0.39, 0.29) is 18.8 Å². The molecule has 150 valence electrons. The van der Waals surface area contributed by atoms with Crippen LogP contribution in [-0.2, 0) is 16.6 Å². The van der Waals surface area contributed by atoms with Crippen LogP contribution < -0.4 is 0 Å². The number of carbonyl (C=O) groups is 1. The van der Waals surface area contributed by atoms with Crippen molar-refractivity contribution in [2.75, 3.05) is 6.61 Å². The van der Waals surface area contributed by atoms with Crippen molar-refractivity contribution in [3.8, 4) is 0 Å². The fourth-order valence-corrected chi connectivity index (χ4v) is 3.86. The van der Waals surface area contributed by atoms with E-state index in [1.54, 1.807) is 13.8 Å². The van der Waals surface area contributed by atoms with E-state index in [4.69, 9.17) is 4.52 Å². The molecule has 0 fully saturated rings. The lowest BCUT2D eigenvalue weighted by molar-refractivity contribution is -0.120. The number of hydrogen-bond donors (Lipinski definition) is 3. The van der Waals surface area contributed by atoms with Gasteiger partial charge in [0.15, 0.2) is 17.4 Å². The fourth-order valence-electron chi connectivity index (χ4n) is 2.30. The standard InChI is InChI=1S/C18H23F2NO5S/c1-17(2,10-22)14-8-11(26-21-14)9-15(23)18(3,4)27(24,25)13-7-5-6-12(19)16(13)20/h5-8,22,24-25H,9-10H2,1-4H3. The van der Waals surface area contributed by atoms with E-state index in [0.717, 1.165) is 18.2 Å². The second-order valence-electron chi connectivity index (χ2n) is 7.43. The number of rotatable bonds is 7. The number of aliphatic hydroxyl groups excluding tert-OH is 1. The minimum atomic E-state index is -4.00. The number of aliphatic hydroxyl groups is 1. The Kier molecular flexibility index (Phi) is 5.82. The van der Waals surface area contributed by atoms with Crippen LogP contribution in [0.25, 0.3) is 0 Å². The number of hydrogen-bond acceptors (Lipinski definition) is 6. The zero-order valence-corrected chi connectivity index (χ0v) is 16.3. The molecule has 0 aliphatic carbocycles. The second-order valence-corrected chi connectivity index (χ2v) is 9.99. The molecule has 0 aliphatic rings. The molecule has 0 atom stereocenters. The van der Waals surface area contributed by atoms with Gasteiger partial charge in [-0.3, -0.25) is 13.9 Å². The number of Topliss-reactive ketones (excluding diaryl/α,β-unsaturated/α-hetero) is 1. The van der Waals surface area contributed by atoms with Gasteiger partial charge in [-0.2, -0.15) is 10.6 Å². The zero-order chi connectivity index (χ0) is 20.6. The molecule has 1 heterocycles. The molecular weight excluding hydrogens is 380 g/mol. The summed E-state index contributed by atoms with van der Waals surface area (Å²) in [5, 5.41) is 13.2. The fraction of sp³-hybridized carbons (Fsp3) is 0.444. The SMILES string of the molecule is CC(C)(CO)c1cc(CC(=O)C(C)(C)S(O)(O)c2cccc(F)c2F)on1. The van der Waals surface area contributed by atoms with Crippen LogP contribution in [0.5, 0.6) is 0 Å². The summed E-state index contributed by atoms with van der Waals surface area (Å²) in [6, 6.07) is 4.53. The van der Waals surface area contributed by atoms with Gasteiger partial charge in [0.05, 0.1) is 23.6 Å². The minimum Gasteiger partial charge on any atom is -0.395 e. The first-order valence-corrected chi connectivity index (χ1v) is 9.71. The smallest absolute Gasteiger partial charge is 0.181 e. The number of halogens is 2. The van der Waals surface area contributed by atoms with E-state index in [0.29, 0.717) is 5.69 Å². The molecule has 9 heteroatoms. The van der Waals surface area contributed by atoms with E-state index in [1.807, 2.05) is 0 Å². The van der Waals surface area contributed by atoms with Crippen molar-refractivity contribution in [1.29, 1.82) is 0 Å². The number of aromatic nitrogens is 1. The molecule has 3 N–H and O–H groups in total. The lowest BCUT2D eigenvalue weighted by Gasteiger charge is -2.45. The predicted molar refractivity (Wildman–Crippen MR) is 96.9 cm³/mol. The molecule has 1 aromatic carbocycles. The molecule has 0 saturated carbocycles. The zero-order valence-electron chi connectivity index (χ0n) is 15.5. The Hall–Kier alpha value is -1.81. The monoisotopic (exact) mass is 403 g/mol. The summed E-state index contributed by atoms with van der Waals surface area (Å²) in [4.78, 5) is 12.1. The molecule has 0 amide bonds. The van der Waals surface area contributed by atoms with E-state index in [2.05, 4.69) is 5.16 Å². The highest BCUT2D eigenvalue weighted by molar-refractivity contribution is 8.26. The highest BCUT2D eigenvalue weighted by Crippen LogP contribution is 2.60. The van der Waals surface area contributed by atoms with Gasteiger partial charge >= 0.3 is 0 Å². The summed E-state index contributed by atoms with van der Waals surface area (Å²) in [5.74, 6) is -3.11. The average Bonchev–Trinajstić information content (AvgIpc) is 3.06. The topological polar surface area (TPSA) is 104 Å². The molecule has 27 heavy (non-hydrogen) atoms. The maximum absolute atomic E-state index is 14.1. The van der Waals surface area contributed by atoms with Gasteiger partial charge in [-0.1, -0.05) is 25.1 Å². The van der Waals surface area contributed by atoms with E-state index < -0.39 is 43.1 Å². The molecule has 2 aromatic rings. The third-order valence-electron chi connectivity index (χ3n) is 4.59. The van der Waals surface area contributed by atoms with Crippen LogP contribution in [0.4, 0.5) is 8.78 Å². The number of ketones is 1. The van der Waals surface area contributed by atoms with Gasteiger partial charge in [0, 0.05) is 11.5 Å². The van der Waals surface area contributed by atoms with Crippen molar-refractivity contribution >= 4 is 16.4 Å². The Morgan fingerprint density at radius 1 is 1.22 bits per heavy atom. The van der Waals surface area contributed by atoms with Crippen molar-refractivity contribution in [3.63, 3.8) is 0 Å². The van der Waals surface area contributed by atoms with Gasteiger partial charge in [-0.05, 0) is 26.0 Å². The van der Waals surface area contributed by atoms with E-state index >= 15 is 0 Å². The summed E-state index contributed by atoms with van der Waals surface area (Å²) in [6.45, 7) is 5.80. The molecule has 0 aliphatic heterocycles. The van der Waals surface area contributed by atoms with Gasteiger partial charge in [0.25, 0.3) is 0 Å². The predicted octanol–water partition coefficient (Wildman–Crippen LogP) is 3.92. The lowest BCUT2D eigenvalue weighted by Crippen LogP contribution is -2.39. The number of benzene rings is 1. The van der Waals surface area contributed by atoms with Crippen molar-refractivity contribution in [1.82, 2.24) is 5.16 Å². The molecule has 0 saturated heterocycles. The van der Waals surface area contributed by atoms with Crippen molar-refractivity contribution in [2.24, 2.45) is 0 Å². The van der Waals surface area contributed by atoms with Crippen LogP contribution in [0, 0.1) is 11.6 Å². The largest absolute Gasteiger partial charge is 0.395 e. The molecule has 6 nitrogen and oxygen atoms in total. The van der Waals surface area contributed by atoms with Crippen molar-refractivity contribution < 1.29 is 32.3 Å². The maximum Gasteiger partial charge on any atom is 0.181 e. The van der Waals surface area contributed by atoms with Crippen LogP contribution >= 0.6 is 10.6 Å². The van der Waals surface area contributed by atoms with E-state index in [1.165, 1.54) is 19.9 Å². The van der Waals surface area contributed by atoms with Gasteiger partial charge in [0.1, 0.15) is 10.5 Å². The summed E-state index contributed by atoms with van der Waals surface area (Å²) in [7, 11) is -4.00. The normalized spacial score (nSPS) is 13.7. The lowest BCUT2D eigenvalue weighted by atomic mass is 9.90. The number of nitrogens with zero attached hydrogens (tertiary/aromatic N) is 1. The Labute approximate surface area is 157 Å². The molecule has 0 spiro atoms. The molecule has 0 radical (unpaired) electrons. The first-order chi connectivity index (χ1) is 12.3. The third-order valence-corrected chi connectivity index (χ3v) is 7.17. The van der Waals surface area contributed by atoms with Crippen LogP contribution in [0.1, 0.15) is 39.1 Å². The molecular formula is C18H23F2NO5S. The Morgan fingerprint density at radius 3 is 2.44 bits per heavy atom. The van der Waals surface area contributed by atoms with Gasteiger partial charge in [-0.15, -0.1) is 0 Å². The maximum atomic E-state index is 14.1. The Morgan fingerprint density at radius 2 is 1.85 bits per heavy atom. The first kappa shape index (κ1) is 21.5. The molecule has 2 rings (SSSR count). The van der Waals surface area contributed by atoms with Gasteiger partial charge < -0.3 is 9.63 Å². The number of carbonyl (C=O) groups excluding carboxylic acids is 1. The van der Waals surface area contributed by atoms with Crippen LogP contribution in [0.3, 0.4) is 0 Å². The quantitative estimate of drug-likeness (QED) is 0.647. The van der Waals surface area contributed by atoms with Gasteiger partial charge in [-0.25, -0.2) is 8.78 Å². The van der Waals surface area contributed by atoms with E-state index in [9.17, 15) is 27.8 Å². The van der Waals surface area contributed by atoms with Crippen LogP contribution in [0.15, 0.2) is 33.7 Å². The second kappa shape index (κ2) is 7.31. The molecule has 1 aromatic heterocycles. The summed E-state index contributed by atoms with van der Waals surface area (Å²) < 4.78 is 52.0. The molecule has 0 bridgehead atoms. The minimum absolute atomic E-state index is 0.166. The average molecular weight is 403 g/mol. The highest BCUT2D eigenvalue weighted by Gasteiger charge is 2.44. The summed E-state index contributed by atoms with van der Waals surface area (Å²) in [5.41, 5.74) is -0.234. The third kappa shape index (κ3) is 3.91. The van der Waals surface area contributed by atoms with Crippen LogP contribution in [0.2, 0.25) is 0 Å². The van der Waals surface area contributed by atoms with Gasteiger partial charge in [0.2, 0.25) is 0 Å². The molecule has 0 unspecified atom stereocenters. The summed E-state index contributed by atoms with van der Waals surface area (Å²) in [6.07, 6.45) is -0.325. The van der Waals surface area contributed by atoms with Crippen LogP contribution in [-0.4, -0.2) is 36.5 Å².